The highest BCUT2D eigenvalue weighted by Crippen LogP contribution is 2.29. The van der Waals surface area contributed by atoms with Crippen LogP contribution < -0.4 is 5.32 Å². The van der Waals surface area contributed by atoms with Gasteiger partial charge in [-0.3, -0.25) is 0 Å². The lowest BCUT2D eigenvalue weighted by molar-refractivity contribution is 0.177. The number of imidazole rings is 1. The number of urea groups is 1. The summed E-state index contributed by atoms with van der Waals surface area (Å²) in [5.41, 5.74) is 6.14. The molecule has 0 bridgehead atoms. The molecule has 6 rings (SSSR count). The van der Waals surface area contributed by atoms with Gasteiger partial charge >= 0.3 is 6.03 Å². The predicted octanol–water partition coefficient (Wildman–Crippen LogP) is 5.32. The summed E-state index contributed by atoms with van der Waals surface area (Å²) < 4.78 is 8.09. The van der Waals surface area contributed by atoms with E-state index in [4.69, 9.17) is 4.42 Å². The summed E-state index contributed by atoms with van der Waals surface area (Å²) in [7, 11) is 0. The zero-order chi connectivity index (χ0) is 23.6. The van der Waals surface area contributed by atoms with Gasteiger partial charge in [0.25, 0.3) is 0 Å². The van der Waals surface area contributed by atoms with Crippen LogP contribution in [0.1, 0.15) is 35.8 Å². The van der Waals surface area contributed by atoms with E-state index in [0.717, 1.165) is 53.0 Å². The van der Waals surface area contributed by atoms with Gasteiger partial charge in [0.15, 0.2) is 11.5 Å². The molecule has 176 valence electrons. The maximum absolute atomic E-state index is 12.7. The van der Waals surface area contributed by atoms with Gasteiger partial charge in [0.05, 0.1) is 17.4 Å². The van der Waals surface area contributed by atoms with Crippen molar-refractivity contribution in [1.29, 1.82) is 0 Å². The van der Waals surface area contributed by atoms with Gasteiger partial charge in [0.1, 0.15) is 5.52 Å². The van der Waals surface area contributed by atoms with Crippen molar-refractivity contribution < 1.29 is 9.21 Å². The predicted molar refractivity (Wildman–Crippen MR) is 135 cm³/mol. The first-order valence-corrected chi connectivity index (χ1v) is 12.1. The number of piperidine rings is 1. The molecule has 3 heterocycles. The van der Waals surface area contributed by atoms with Crippen LogP contribution in [0.4, 0.5) is 4.79 Å². The number of benzene rings is 3. The highest BCUT2D eigenvalue weighted by Gasteiger charge is 2.27. The molecular weight excluding hydrogens is 438 g/mol. The molecule has 0 unspecified atom stereocenters. The molecule has 0 atom stereocenters. The van der Waals surface area contributed by atoms with E-state index in [-0.39, 0.29) is 11.9 Å². The molecule has 5 aromatic rings. The Hall–Kier alpha value is -4.13. The van der Waals surface area contributed by atoms with E-state index in [1.165, 1.54) is 5.56 Å². The molecule has 0 radical (unpaired) electrons. The number of hydrogen-bond acceptors (Lipinski definition) is 4. The fourth-order valence-electron chi connectivity index (χ4n) is 4.78. The zero-order valence-corrected chi connectivity index (χ0v) is 19.4. The number of oxazole rings is 1. The molecule has 0 aliphatic carbocycles. The van der Waals surface area contributed by atoms with Gasteiger partial charge < -0.3 is 19.2 Å². The molecule has 35 heavy (non-hydrogen) atoms. The maximum atomic E-state index is 12.7. The van der Waals surface area contributed by atoms with Crippen LogP contribution in [0.3, 0.4) is 0 Å². The molecule has 1 saturated heterocycles. The van der Waals surface area contributed by atoms with E-state index in [1.54, 1.807) is 0 Å². The first-order chi connectivity index (χ1) is 17.2. The minimum atomic E-state index is -0.0185. The fourth-order valence-corrected chi connectivity index (χ4v) is 4.78. The quantitative estimate of drug-likeness (QED) is 0.381. The number of nitrogens with one attached hydrogen (secondary N) is 1. The normalized spacial score (nSPS) is 14.6. The van der Waals surface area contributed by atoms with Crippen LogP contribution in [0.15, 0.2) is 83.5 Å². The second-order valence-corrected chi connectivity index (χ2v) is 9.12. The molecule has 1 aliphatic rings. The van der Waals surface area contributed by atoms with E-state index >= 15 is 0 Å². The van der Waals surface area contributed by atoms with Crippen molar-refractivity contribution in [1.82, 2.24) is 24.8 Å². The maximum Gasteiger partial charge on any atom is 0.317 e. The molecule has 0 spiro atoms. The Morgan fingerprint density at radius 2 is 1.63 bits per heavy atom. The number of hydrogen-bond donors (Lipinski definition) is 1. The zero-order valence-electron chi connectivity index (χ0n) is 19.4. The third kappa shape index (κ3) is 4.49. The highest BCUT2D eigenvalue weighted by molar-refractivity contribution is 5.75. The van der Waals surface area contributed by atoms with Crippen LogP contribution in [0.5, 0.6) is 0 Å². The SMILES string of the molecule is O=C(NCc1ccc(Cn2cnc3ccccc32)cc1)N1CCC(c2nc3ccccc3o2)CC1. The number of rotatable bonds is 5. The summed E-state index contributed by atoms with van der Waals surface area (Å²) in [5.74, 6) is 1.04. The van der Waals surface area contributed by atoms with E-state index in [2.05, 4.69) is 50.2 Å². The Morgan fingerprint density at radius 1 is 0.914 bits per heavy atom. The van der Waals surface area contributed by atoms with Crippen molar-refractivity contribution in [2.75, 3.05) is 13.1 Å². The first kappa shape index (κ1) is 21.4. The molecule has 2 aromatic heterocycles. The number of amides is 2. The summed E-state index contributed by atoms with van der Waals surface area (Å²) in [6.07, 6.45) is 3.60. The van der Waals surface area contributed by atoms with Gasteiger partial charge in [-0.1, -0.05) is 48.5 Å². The Labute approximate surface area is 203 Å². The average molecular weight is 466 g/mol. The van der Waals surface area contributed by atoms with Gasteiger partial charge in [-0.05, 0) is 48.2 Å². The van der Waals surface area contributed by atoms with Crippen molar-refractivity contribution in [3.8, 4) is 0 Å². The van der Waals surface area contributed by atoms with Crippen LogP contribution >= 0.6 is 0 Å². The standard InChI is InChI=1S/C28H27N5O2/c34-28(32-15-13-22(14-16-32)27-31-24-6-2-4-8-26(24)35-27)29-17-20-9-11-21(12-10-20)18-33-19-30-23-5-1-3-7-25(23)33/h1-12,19,22H,13-18H2,(H,29,34). The van der Waals surface area contributed by atoms with Gasteiger partial charge in [0.2, 0.25) is 0 Å². The van der Waals surface area contributed by atoms with E-state index in [9.17, 15) is 4.79 Å². The second kappa shape index (κ2) is 9.25. The molecule has 1 fully saturated rings. The van der Waals surface area contributed by atoms with Gasteiger partial charge in [-0.25, -0.2) is 14.8 Å². The topological polar surface area (TPSA) is 76.2 Å². The Balaban J connectivity index is 1.00. The van der Waals surface area contributed by atoms with Gasteiger partial charge in [-0.2, -0.15) is 0 Å². The summed E-state index contributed by atoms with van der Waals surface area (Å²) in [5, 5.41) is 3.07. The number of nitrogens with zero attached hydrogens (tertiary/aromatic N) is 4. The van der Waals surface area contributed by atoms with Gasteiger partial charge in [-0.15, -0.1) is 0 Å². The van der Waals surface area contributed by atoms with Crippen molar-refractivity contribution in [3.05, 3.63) is 96.1 Å². The minimum Gasteiger partial charge on any atom is -0.440 e. The Morgan fingerprint density at radius 3 is 2.43 bits per heavy atom. The third-order valence-electron chi connectivity index (χ3n) is 6.79. The van der Waals surface area contributed by atoms with Crippen molar-refractivity contribution in [2.24, 2.45) is 0 Å². The van der Waals surface area contributed by atoms with Crippen LogP contribution in [-0.2, 0) is 13.1 Å². The third-order valence-corrected chi connectivity index (χ3v) is 6.79. The first-order valence-electron chi connectivity index (χ1n) is 12.1. The Kier molecular flexibility index (Phi) is 5.66. The minimum absolute atomic E-state index is 0.0185. The van der Waals surface area contributed by atoms with E-state index in [0.29, 0.717) is 19.6 Å². The fraction of sp³-hybridized carbons (Fsp3) is 0.250. The summed E-state index contributed by atoms with van der Waals surface area (Å²) in [4.78, 5) is 23.7. The lowest BCUT2D eigenvalue weighted by Gasteiger charge is -2.30. The highest BCUT2D eigenvalue weighted by atomic mass is 16.3. The van der Waals surface area contributed by atoms with Crippen LogP contribution in [0, 0.1) is 0 Å². The van der Waals surface area contributed by atoms with Crippen LogP contribution in [-0.4, -0.2) is 38.6 Å². The number of aromatic nitrogens is 3. The van der Waals surface area contributed by atoms with E-state index in [1.807, 2.05) is 53.7 Å². The van der Waals surface area contributed by atoms with Gasteiger partial charge in [0, 0.05) is 32.1 Å². The molecular formula is C28H27N5O2. The average Bonchev–Trinajstić information content (AvgIpc) is 3.53. The Bertz CT molecular complexity index is 1430. The van der Waals surface area contributed by atoms with Crippen molar-refractivity contribution in [2.45, 2.75) is 31.8 Å². The van der Waals surface area contributed by atoms with E-state index < -0.39 is 0 Å². The number of carbonyl (C=O) groups is 1. The molecule has 1 aliphatic heterocycles. The van der Waals surface area contributed by atoms with Crippen LogP contribution in [0.2, 0.25) is 0 Å². The number of para-hydroxylation sites is 4. The molecule has 0 saturated carbocycles. The summed E-state index contributed by atoms with van der Waals surface area (Å²) in [6.45, 7) is 2.68. The molecule has 1 N–H and O–H groups in total. The largest absolute Gasteiger partial charge is 0.440 e. The van der Waals surface area contributed by atoms with Crippen LogP contribution in [0.25, 0.3) is 22.1 Å². The summed E-state index contributed by atoms with van der Waals surface area (Å²) in [6, 6.07) is 24.3. The molecule has 2 amide bonds. The van der Waals surface area contributed by atoms with Crippen molar-refractivity contribution in [3.63, 3.8) is 0 Å². The lowest BCUT2D eigenvalue weighted by atomic mass is 9.97. The number of likely N-dealkylation sites (tertiary alicyclic amines) is 1. The number of carbonyl (C=O) groups excluding carboxylic acids is 1. The second-order valence-electron chi connectivity index (χ2n) is 9.12. The number of fused-ring (bicyclic) bond motifs is 2. The molecule has 3 aromatic carbocycles. The monoisotopic (exact) mass is 465 g/mol. The smallest absolute Gasteiger partial charge is 0.317 e. The lowest BCUT2D eigenvalue weighted by Crippen LogP contribution is -2.43. The van der Waals surface area contributed by atoms with Crippen molar-refractivity contribution >= 4 is 28.2 Å². The molecule has 7 heteroatoms. The molecule has 7 nitrogen and oxygen atoms in total. The summed E-state index contributed by atoms with van der Waals surface area (Å²) >= 11 is 0.